The maximum atomic E-state index is 11.2. The molecule has 0 bridgehead atoms. The van der Waals surface area contributed by atoms with Gasteiger partial charge in [0.1, 0.15) is 6.61 Å². The third kappa shape index (κ3) is 4.55. The van der Waals surface area contributed by atoms with Crippen molar-refractivity contribution in [3.05, 3.63) is 48.6 Å². The number of hydrogen-bond acceptors (Lipinski definition) is 3. The number of nitrogens with zero attached hydrogens (tertiary/aromatic N) is 1. The van der Waals surface area contributed by atoms with Crippen LogP contribution in [0.3, 0.4) is 0 Å². The lowest BCUT2D eigenvalue weighted by atomic mass is 10.2. The van der Waals surface area contributed by atoms with E-state index in [1.165, 1.54) is 12.2 Å². The van der Waals surface area contributed by atoms with Crippen LogP contribution in [0.25, 0.3) is 6.08 Å². The maximum absolute atomic E-state index is 11.2. The van der Waals surface area contributed by atoms with E-state index in [9.17, 15) is 4.79 Å². The van der Waals surface area contributed by atoms with Crippen LogP contribution in [0.4, 0.5) is 5.69 Å². The molecule has 3 heteroatoms. The molecule has 0 aliphatic heterocycles. The van der Waals surface area contributed by atoms with Crippen LogP contribution in [0.15, 0.2) is 43.0 Å². The van der Waals surface area contributed by atoms with Crippen LogP contribution in [0, 0.1) is 0 Å². The predicted molar refractivity (Wildman–Crippen MR) is 71.0 cm³/mol. The minimum Gasteiger partial charge on any atom is -0.458 e. The quantitative estimate of drug-likeness (QED) is 0.443. The Hall–Kier alpha value is -2.03. The van der Waals surface area contributed by atoms with E-state index in [-0.39, 0.29) is 12.6 Å². The van der Waals surface area contributed by atoms with Crippen LogP contribution in [-0.4, -0.2) is 26.7 Å². The molecule has 0 atom stereocenters. The van der Waals surface area contributed by atoms with Gasteiger partial charge in [0.15, 0.2) is 0 Å². The number of esters is 1. The summed E-state index contributed by atoms with van der Waals surface area (Å²) in [5.41, 5.74) is 2.09. The predicted octanol–water partition coefficient (Wildman–Crippen LogP) is 2.50. The average Bonchev–Trinajstić information content (AvgIpc) is 2.34. The van der Waals surface area contributed by atoms with Gasteiger partial charge in [0, 0.05) is 25.9 Å². The first kappa shape index (κ1) is 13.0. The summed E-state index contributed by atoms with van der Waals surface area (Å²) in [6.07, 6.45) is 4.68. The molecule has 0 fully saturated rings. The van der Waals surface area contributed by atoms with Crippen molar-refractivity contribution in [1.82, 2.24) is 0 Å². The summed E-state index contributed by atoms with van der Waals surface area (Å²) in [5.74, 6) is -0.360. The maximum Gasteiger partial charge on any atom is 0.331 e. The molecule has 0 aromatic heterocycles. The molecular weight excluding hydrogens is 214 g/mol. The zero-order chi connectivity index (χ0) is 12.7. The standard InChI is InChI=1S/C14H17NO2/c1-4-11-17-14(16)10-7-12-5-8-13(9-6-12)15(2)3/h4-10H,1,11H2,2-3H3/b10-7+. The number of hydrogen-bond donors (Lipinski definition) is 0. The second kappa shape index (κ2) is 6.53. The van der Waals surface area contributed by atoms with Gasteiger partial charge in [-0.3, -0.25) is 0 Å². The highest BCUT2D eigenvalue weighted by Crippen LogP contribution is 2.13. The summed E-state index contributed by atoms with van der Waals surface area (Å²) in [6.45, 7) is 3.71. The summed E-state index contributed by atoms with van der Waals surface area (Å²) in [5, 5.41) is 0. The van der Waals surface area contributed by atoms with Gasteiger partial charge in [-0.15, -0.1) is 0 Å². The number of benzene rings is 1. The monoisotopic (exact) mass is 231 g/mol. The Morgan fingerprint density at radius 1 is 1.35 bits per heavy atom. The molecule has 0 radical (unpaired) electrons. The van der Waals surface area contributed by atoms with E-state index < -0.39 is 0 Å². The molecule has 90 valence electrons. The lowest BCUT2D eigenvalue weighted by Crippen LogP contribution is -2.07. The SMILES string of the molecule is C=CCOC(=O)/C=C/c1ccc(N(C)C)cc1. The van der Waals surface area contributed by atoms with Crippen molar-refractivity contribution in [2.75, 3.05) is 25.6 Å². The van der Waals surface area contributed by atoms with Crippen molar-refractivity contribution in [2.45, 2.75) is 0 Å². The number of rotatable bonds is 5. The van der Waals surface area contributed by atoms with Gasteiger partial charge in [0.25, 0.3) is 0 Å². The van der Waals surface area contributed by atoms with Crippen molar-refractivity contribution >= 4 is 17.7 Å². The van der Waals surface area contributed by atoms with Crippen LogP contribution in [0.5, 0.6) is 0 Å². The van der Waals surface area contributed by atoms with Crippen LogP contribution in [0.2, 0.25) is 0 Å². The third-order valence-corrected chi connectivity index (χ3v) is 2.16. The normalized spacial score (nSPS) is 10.2. The first-order chi connectivity index (χ1) is 8.13. The fourth-order valence-electron chi connectivity index (χ4n) is 1.24. The highest BCUT2D eigenvalue weighted by atomic mass is 16.5. The van der Waals surface area contributed by atoms with Crippen molar-refractivity contribution in [3.8, 4) is 0 Å². The number of carbonyl (C=O) groups is 1. The van der Waals surface area contributed by atoms with Crippen molar-refractivity contribution in [1.29, 1.82) is 0 Å². The molecule has 0 aliphatic rings. The van der Waals surface area contributed by atoms with Gasteiger partial charge < -0.3 is 9.64 Å². The highest BCUT2D eigenvalue weighted by molar-refractivity contribution is 5.87. The van der Waals surface area contributed by atoms with Gasteiger partial charge in [-0.25, -0.2) is 4.79 Å². The molecule has 0 heterocycles. The van der Waals surface area contributed by atoms with Crippen molar-refractivity contribution < 1.29 is 9.53 Å². The van der Waals surface area contributed by atoms with Crippen molar-refractivity contribution in [2.24, 2.45) is 0 Å². The molecule has 1 rings (SSSR count). The smallest absolute Gasteiger partial charge is 0.331 e. The van der Waals surface area contributed by atoms with Crippen LogP contribution in [0.1, 0.15) is 5.56 Å². The number of carbonyl (C=O) groups excluding carboxylic acids is 1. The molecule has 1 aromatic carbocycles. The number of ether oxygens (including phenoxy) is 1. The molecular formula is C14H17NO2. The van der Waals surface area contributed by atoms with E-state index in [1.807, 2.05) is 43.3 Å². The van der Waals surface area contributed by atoms with E-state index in [0.717, 1.165) is 11.3 Å². The largest absolute Gasteiger partial charge is 0.458 e. The van der Waals surface area contributed by atoms with Gasteiger partial charge in [-0.2, -0.15) is 0 Å². The van der Waals surface area contributed by atoms with Gasteiger partial charge in [-0.05, 0) is 23.8 Å². The average molecular weight is 231 g/mol. The van der Waals surface area contributed by atoms with Gasteiger partial charge in [-0.1, -0.05) is 24.8 Å². The zero-order valence-corrected chi connectivity index (χ0v) is 10.2. The van der Waals surface area contributed by atoms with Crippen molar-refractivity contribution in [3.63, 3.8) is 0 Å². The molecule has 0 N–H and O–H groups in total. The molecule has 0 saturated heterocycles. The first-order valence-electron chi connectivity index (χ1n) is 5.36. The lowest BCUT2D eigenvalue weighted by Gasteiger charge is -2.11. The Morgan fingerprint density at radius 2 is 2.00 bits per heavy atom. The third-order valence-electron chi connectivity index (χ3n) is 2.16. The summed E-state index contributed by atoms with van der Waals surface area (Å²) in [4.78, 5) is 13.2. The van der Waals surface area contributed by atoms with Gasteiger partial charge in [0.2, 0.25) is 0 Å². The summed E-state index contributed by atoms with van der Waals surface area (Å²) in [7, 11) is 3.97. The Bertz CT molecular complexity index is 405. The Kier molecular flexibility index (Phi) is 5.01. The van der Waals surface area contributed by atoms with E-state index in [0.29, 0.717) is 0 Å². The molecule has 1 aromatic rings. The minimum absolute atomic E-state index is 0.239. The first-order valence-corrected chi connectivity index (χ1v) is 5.36. The fourth-order valence-corrected chi connectivity index (χ4v) is 1.24. The summed E-state index contributed by atoms with van der Waals surface area (Å²) < 4.78 is 4.82. The van der Waals surface area contributed by atoms with Crippen LogP contribution >= 0.6 is 0 Å². The molecule has 3 nitrogen and oxygen atoms in total. The van der Waals surface area contributed by atoms with Gasteiger partial charge in [0.05, 0.1) is 0 Å². The van der Waals surface area contributed by atoms with E-state index in [4.69, 9.17) is 4.74 Å². The molecule has 0 aliphatic carbocycles. The summed E-state index contributed by atoms with van der Waals surface area (Å²) >= 11 is 0. The van der Waals surface area contributed by atoms with Crippen LogP contribution < -0.4 is 4.90 Å². The Morgan fingerprint density at radius 3 is 2.53 bits per heavy atom. The van der Waals surface area contributed by atoms with Crippen LogP contribution in [-0.2, 0) is 9.53 Å². The molecule has 17 heavy (non-hydrogen) atoms. The summed E-state index contributed by atoms with van der Waals surface area (Å²) in [6, 6.07) is 7.89. The Labute approximate surface area is 102 Å². The minimum atomic E-state index is -0.360. The molecule has 0 unspecified atom stereocenters. The highest BCUT2D eigenvalue weighted by Gasteiger charge is 1.96. The second-order valence-electron chi connectivity index (χ2n) is 3.74. The molecule has 0 spiro atoms. The van der Waals surface area contributed by atoms with Gasteiger partial charge >= 0.3 is 5.97 Å². The lowest BCUT2D eigenvalue weighted by molar-refractivity contribution is -0.136. The molecule has 0 amide bonds. The second-order valence-corrected chi connectivity index (χ2v) is 3.74. The zero-order valence-electron chi connectivity index (χ0n) is 10.2. The number of anilines is 1. The Balaban J connectivity index is 2.59. The molecule has 0 saturated carbocycles. The fraction of sp³-hybridized carbons (Fsp3) is 0.214. The van der Waals surface area contributed by atoms with E-state index in [1.54, 1.807) is 6.08 Å². The van der Waals surface area contributed by atoms with E-state index >= 15 is 0 Å². The van der Waals surface area contributed by atoms with E-state index in [2.05, 4.69) is 6.58 Å². The topological polar surface area (TPSA) is 29.5 Å².